The Balaban J connectivity index is 2.24. The topological polar surface area (TPSA) is 0 Å². The molecule has 0 bridgehead atoms. The quantitative estimate of drug-likeness (QED) is 0.679. The van der Waals surface area contributed by atoms with Crippen LogP contribution in [0.2, 0.25) is 0 Å². The molecule has 1 aromatic rings. The Labute approximate surface area is 94.8 Å². The predicted octanol–water partition coefficient (Wildman–Crippen LogP) is 4.54. The molecule has 0 N–H and O–H groups in total. The van der Waals surface area contributed by atoms with Crippen LogP contribution in [0.3, 0.4) is 0 Å². The van der Waals surface area contributed by atoms with E-state index in [1.165, 1.54) is 36.0 Å². The molecule has 1 aromatic carbocycles. The van der Waals surface area contributed by atoms with E-state index in [2.05, 4.69) is 48.0 Å². The lowest BCUT2D eigenvalue weighted by Crippen LogP contribution is -2.16. The molecule has 1 aliphatic carbocycles. The number of aryl methyl sites for hydroxylation is 2. The smallest absolute Gasteiger partial charge is 0.0426 e. The highest BCUT2D eigenvalue weighted by Gasteiger charge is 2.27. The van der Waals surface area contributed by atoms with Crippen LogP contribution in [0.25, 0.3) is 0 Å². The molecule has 1 atom stereocenters. The lowest BCUT2D eigenvalue weighted by Gasteiger charge is -2.31. The number of rotatable bonds is 2. The Kier molecular flexibility index (Phi) is 2.96. The molecule has 0 heterocycles. The van der Waals surface area contributed by atoms with Crippen molar-refractivity contribution in [2.75, 3.05) is 0 Å². The van der Waals surface area contributed by atoms with Crippen molar-refractivity contribution in [3.05, 3.63) is 34.9 Å². The van der Waals surface area contributed by atoms with Crippen LogP contribution in [0, 0.1) is 19.8 Å². The van der Waals surface area contributed by atoms with Crippen LogP contribution >= 0.6 is 15.9 Å². The molecule has 0 amide bonds. The third kappa shape index (κ3) is 1.88. The largest absolute Gasteiger partial charge is 0.0836 e. The highest BCUT2D eigenvalue weighted by atomic mass is 79.9. The van der Waals surface area contributed by atoms with Crippen LogP contribution in [0.15, 0.2) is 18.2 Å². The van der Waals surface area contributed by atoms with Gasteiger partial charge >= 0.3 is 0 Å². The molecule has 0 aliphatic heterocycles. The van der Waals surface area contributed by atoms with E-state index < -0.39 is 0 Å². The first-order valence-corrected chi connectivity index (χ1v) is 6.31. The second-order valence-corrected chi connectivity index (χ2v) is 5.44. The second kappa shape index (κ2) is 4.06. The fraction of sp³-hybridized carbons (Fsp3) is 0.538. The number of hydrogen-bond donors (Lipinski definition) is 0. The van der Waals surface area contributed by atoms with Gasteiger partial charge < -0.3 is 0 Å². The Morgan fingerprint density at radius 2 is 2.00 bits per heavy atom. The van der Waals surface area contributed by atoms with E-state index in [0.29, 0.717) is 4.83 Å². The van der Waals surface area contributed by atoms with Crippen molar-refractivity contribution in [2.45, 2.75) is 37.9 Å². The molecule has 0 aromatic heterocycles. The van der Waals surface area contributed by atoms with Gasteiger partial charge in [-0.25, -0.2) is 0 Å². The Bertz CT molecular complexity index is 326. The van der Waals surface area contributed by atoms with Crippen molar-refractivity contribution in [3.8, 4) is 0 Å². The van der Waals surface area contributed by atoms with Crippen LogP contribution in [0.4, 0.5) is 0 Å². The Hall–Kier alpha value is -0.300. The van der Waals surface area contributed by atoms with Gasteiger partial charge in [-0.05, 0) is 43.7 Å². The molecule has 0 saturated heterocycles. The number of hydrogen-bond acceptors (Lipinski definition) is 0. The van der Waals surface area contributed by atoms with E-state index in [4.69, 9.17) is 0 Å². The van der Waals surface area contributed by atoms with Crippen molar-refractivity contribution >= 4 is 15.9 Å². The third-order valence-corrected chi connectivity index (χ3v) is 4.54. The van der Waals surface area contributed by atoms with Crippen LogP contribution < -0.4 is 0 Å². The summed E-state index contributed by atoms with van der Waals surface area (Å²) in [5, 5.41) is 0. The molecule has 0 radical (unpaired) electrons. The monoisotopic (exact) mass is 252 g/mol. The van der Waals surface area contributed by atoms with Crippen molar-refractivity contribution < 1.29 is 0 Å². The highest BCUT2D eigenvalue weighted by Crippen LogP contribution is 2.44. The van der Waals surface area contributed by atoms with Gasteiger partial charge in [0.25, 0.3) is 0 Å². The normalized spacial score (nSPS) is 19.1. The van der Waals surface area contributed by atoms with Crippen molar-refractivity contribution in [1.82, 2.24) is 0 Å². The average Bonchev–Trinajstić information content (AvgIpc) is 2.06. The fourth-order valence-corrected chi connectivity index (χ4v) is 3.07. The summed E-state index contributed by atoms with van der Waals surface area (Å²) < 4.78 is 0. The highest BCUT2D eigenvalue weighted by molar-refractivity contribution is 9.09. The summed E-state index contributed by atoms with van der Waals surface area (Å²) in [6.07, 6.45) is 4.20. The SMILES string of the molecule is Cc1ccc(C)c(C(Br)C2CCC2)c1. The molecule has 1 unspecified atom stereocenters. The molecule has 1 aliphatic rings. The van der Waals surface area contributed by atoms with Gasteiger partial charge in [0, 0.05) is 4.83 Å². The lowest BCUT2D eigenvalue weighted by atomic mass is 9.80. The maximum absolute atomic E-state index is 3.85. The molecule has 1 fully saturated rings. The molecule has 2 rings (SSSR count). The molecule has 76 valence electrons. The number of halogens is 1. The van der Waals surface area contributed by atoms with Gasteiger partial charge in [0.05, 0.1) is 0 Å². The van der Waals surface area contributed by atoms with Gasteiger partial charge in [-0.15, -0.1) is 0 Å². The minimum atomic E-state index is 0.580. The fourth-order valence-electron chi connectivity index (χ4n) is 2.04. The molecule has 14 heavy (non-hydrogen) atoms. The molecular weight excluding hydrogens is 236 g/mol. The first-order chi connectivity index (χ1) is 6.68. The van der Waals surface area contributed by atoms with Gasteiger partial charge in [0.2, 0.25) is 0 Å². The summed E-state index contributed by atoms with van der Waals surface area (Å²) in [7, 11) is 0. The standard InChI is InChI=1S/C13H17Br/c1-9-6-7-10(2)12(8-9)13(14)11-4-3-5-11/h6-8,11,13H,3-5H2,1-2H3. The van der Waals surface area contributed by atoms with E-state index in [1.54, 1.807) is 0 Å². The average molecular weight is 253 g/mol. The molecule has 0 spiro atoms. The van der Waals surface area contributed by atoms with Crippen molar-refractivity contribution in [1.29, 1.82) is 0 Å². The van der Waals surface area contributed by atoms with E-state index in [0.717, 1.165) is 5.92 Å². The first kappa shape index (κ1) is 10.2. The Morgan fingerprint density at radius 3 is 2.57 bits per heavy atom. The van der Waals surface area contributed by atoms with Crippen LogP contribution in [0.5, 0.6) is 0 Å². The number of benzene rings is 1. The molecule has 1 saturated carbocycles. The zero-order valence-corrected chi connectivity index (χ0v) is 10.5. The maximum atomic E-state index is 3.85. The van der Waals surface area contributed by atoms with Crippen LogP contribution in [-0.4, -0.2) is 0 Å². The summed E-state index contributed by atoms with van der Waals surface area (Å²) in [5.74, 6) is 0.871. The Morgan fingerprint density at radius 1 is 1.29 bits per heavy atom. The van der Waals surface area contributed by atoms with Crippen molar-refractivity contribution in [2.24, 2.45) is 5.92 Å². The summed E-state index contributed by atoms with van der Waals surface area (Å²) in [6.45, 7) is 4.38. The molecular formula is C13H17Br. The van der Waals surface area contributed by atoms with Gasteiger partial charge in [0.15, 0.2) is 0 Å². The first-order valence-electron chi connectivity index (χ1n) is 5.39. The molecule has 0 nitrogen and oxygen atoms in total. The summed E-state index contributed by atoms with van der Waals surface area (Å²) in [6, 6.07) is 6.75. The predicted molar refractivity (Wildman–Crippen MR) is 64.9 cm³/mol. The minimum absolute atomic E-state index is 0.580. The van der Waals surface area contributed by atoms with Gasteiger partial charge in [0.1, 0.15) is 0 Å². The lowest BCUT2D eigenvalue weighted by molar-refractivity contribution is 0.312. The van der Waals surface area contributed by atoms with Gasteiger partial charge in [-0.2, -0.15) is 0 Å². The van der Waals surface area contributed by atoms with Crippen molar-refractivity contribution in [3.63, 3.8) is 0 Å². The van der Waals surface area contributed by atoms with Gasteiger partial charge in [-0.1, -0.05) is 46.1 Å². The van der Waals surface area contributed by atoms with Gasteiger partial charge in [-0.3, -0.25) is 0 Å². The maximum Gasteiger partial charge on any atom is 0.0426 e. The zero-order chi connectivity index (χ0) is 10.1. The van der Waals surface area contributed by atoms with E-state index in [-0.39, 0.29) is 0 Å². The third-order valence-electron chi connectivity index (χ3n) is 3.30. The molecule has 1 heteroatoms. The zero-order valence-electron chi connectivity index (χ0n) is 8.89. The number of alkyl halides is 1. The second-order valence-electron chi connectivity index (χ2n) is 4.45. The van der Waals surface area contributed by atoms with Crippen LogP contribution in [0.1, 0.15) is 40.8 Å². The van der Waals surface area contributed by atoms with E-state index in [9.17, 15) is 0 Å². The summed E-state index contributed by atoms with van der Waals surface area (Å²) >= 11 is 3.85. The minimum Gasteiger partial charge on any atom is -0.0836 e. The van der Waals surface area contributed by atoms with Crippen LogP contribution in [-0.2, 0) is 0 Å². The summed E-state index contributed by atoms with van der Waals surface area (Å²) in [4.78, 5) is 0.580. The van der Waals surface area contributed by atoms with E-state index in [1.807, 2.05) is 0 Å². The van der Waals surface area contributed by atoms with E-state index >= 15 is 0 Å². The summed E-state index contributed by atoms with van der Waals surface area (Å²) in [5.41, 5.74) is 4.29.